The van der Waals surface area contributed by atoms with Crippen molar-refractivity contribution in [1.82, 2.24) is 5.32 Å². The Morgan fingerprint density at radius 3 is 2.85 bits per heavy atom. The van der Waals surface area contributed by atoms with E-state index in [0.717, 1.165) is 25.7 Å². The van der Waals surface area contributed by atoms with Crippen LogP contribution in [-0.2, 0) is 4.79 Å². The Morgan fingerprint density at radius 2 is 2.23 bits per heavy atom. The molecule has 0 saturated heterocycles. The molecule has 1 rings (SSSR count). The fourth-order valence-electron chi connectivity index (χ4n) is 1.91. The summed E-state index contributed by atoms with van der Waals surface area (Å²) >= 11 is 0. The van der Waals surface area contributed by atoms with E-state index in [9.17, 15) is 4.79 Å². The van der Waals surface area contributed by atoms with Gasteiger partial charge in [-0.3, -0.25) is 4.79 Å². The van der Waals surface area contributed by atoms with Crippen LogP contribution < -0.4 is 5.32 Å². The first kappa shape index (κ1) is 10.3. The molecule has 3 nitrogen and oxygen atoms in total. The molecule has 0 heterocycles. The van der Waals surface area contributed by atoms with Crippen LogP contribution in [-0.4, -0.2) is 23.7 Å². The number of aliphatic carboxylic acids is 1. The zero-order valence-corrected chi connectivity index (χ0v) is 7.83. The number of hydrogen-bond acceptors (Lipinski definition) is 2. The normalized spacial score (nSPS) is 28.3. The summed E-state index contributed by atoms with van der Waals surface area (Å²) in [5.74, 6) is -0.866. The molecule has 1 fully saturated rings. The number of carboxylic acid groups (broad SMARTS) is 1. The fourth-order valence-corrected chi connectivity index (χ4v) is 1.91. The van der Waals surface area contributed by atoms with Crippen LogP contribution in [0.3, 0.4) is 0 Å². The zero-order valence-electron chi connectivity index (χ0n) is 7.83. The van der Waals surface area contributed by atoms with Crippen LogP contribution in [0.2, 0.25) is 0 Å². The highest BCUT2D eigenvalue weighted by Crippen LogP contribution is 2.24. The van der Waals surface area contributed by atoms with Crippen LogP contribution in [0, 0.1) is 5.92 Å². The van der Waals surface area contributed by atoms with E-state index in [1.807, 2.05) is 0 Å². The van der Waals surface area contributed by atoms with E-state index in [1.165, 1.54) is 0 Å². The van der Waals surface area contributed by atoms with Crippen molar-refractivity contribution in [1.29, 1.82) is 0 Å². The third-order valence-corrected chi connectivity index (χ3v) is 2.61. The molecule has 0 amide bonds. The maximum absolute atomic E-state index is 10.9. The van der Waals surface area contributed by atoms with E-state index in [2.05, 4.69) is 11.9 Å². The second kappa shape index (κ2) is 5.02. The van der Waals surface area contributed by atoms with Crippen LogP contribution in [0.15, 0.2) is 12.7 Å². The standard InChI is InChI=1S/C10H17NO2/c1-2-7-11-9-6-4-3-5-8(9)10(12)13/h2,8-9,11H,1,3-7H2,(H,12,13)/t8-,9-/m1/s1. The molecule has 0 aromatic rings. The molecule has 0 radical (unpaired) electrons. The largest absolute Gasteiger partial charge is 0.481 e. The van der Waals surface area contributed by atoms with Gasteiger partial charge in [0, 0.05) is 12.6 Å². The molecule has 0 aromatic heterocycles. The topological polar surface area (TPSA) is 49.3 Å². The van der Waals surface area contributed by atoms with Crippen molar-refractivity contribution >= 4 is 5.97 Å². The molecule has 1 aliphatic rings. The zero-order chi connectivity index (χ0) is 9.68. The van der Waals surface area contributed by atoms with Crippen molar-refractivity contribution in [3.05, 3.63) is 12.7 Å². The van der Waals surface area contributed by atoms with Crippen LogP contribution in [0.5, 0.6) is 0 Å². The highest BCUT2D eigenvalue weighted by atomic mass is 16.4. The summed E-state index contributed by atoms with van der Waals surface area (Å²) in [7, 11) is 0. The Hall–Kier alpha value is -0.830. The number of rotatable bonds is 4. The lowest BCUT2D eigenvalue weighted by Gasteiger charge is -2.28. The van der Waals surface area contributed by atoms with Gasteiger partial charge < -0.3 is 10.4 Å². The highest BCUT2D eigenvalue weighted by Gasteiger charge is 2.29. The van der Waals surface area contributed by atoms with Gasteiger partial charge >= 0.3 is 5.97 Å². The minimum absolute atomic E-state index is 0.143. The first-order valence-corrected chi connectivity index (χ1v) is 4.82. The highest BCUT2D eigenvalue weighted by molar-refractivity contribution is 5.71. The van der Waals surface area contributed by atoms with Crippen LogP contribution in [0.25, 0.3) is 0 Å². The van der Waals surface area contributed by atoms with Gasteiger partial charge in [-0.2, -0.15) is 0 Å². The van der Waals surface area contributed by atoms with E-state index in [0.29, 0.717) is 6.54 Å². The number of carboxylic acids is 1. The molecule has 0 bridgehead atoms. The van der Waals surface area contributed by atoms with Crippen molar-refractivity contribution in [3.8, 4) is 0 Å². The molecular weight excluding hydrogens is 166 g/mol. The van der Waals surface area contributed by atoms with Crippen molar-refractivity contribution in [2.75, 3.05) is 6.54 Å². The number of nitrogens with one attached hydrogen (secondary N) is 1. The summed E-state index contributed by atoms with van der Waals surface area (Å²) in [5.41, 5.74) is 0. The molecule has 0 unspecified atom stereocenters. The summed E-state index contributed by atoms with van der Waals surface area (Å²) in [6, 6.07) is 0.143. The Morgan fingerprint density at radius 1 is 1.54 bits per heavy atom. The molecule has 74 valence electrons. The SMILES string of the molecule is C=CCN[C@@H]1CCCC[C@H]1C(=O)O. The lowest BCUT2D eigenvalue weighted by Crippen LogP contribution is -2.42. The van der Waals surface area contributed by atoms with Crippen molar-refractivity contribution in [2.24, 2.45) is 5.92 Å². The monoisotopic (exact) mass is 183 g/mol. The molecule has 13 heavy (non-hydrogen) atoms. The molecule has 0 spiro atoms. The number of hydrogen-bond donors (Lipinski definition) is 2. The summed E-state index contributed by atoms with van der Waals surface area (Å²) < 4.78 is 0. The van der Waals surface area contributed by atoms with E-state index < -0.39 is 5.97 Å². The van der Waals surface area contributed by atoms with E-state index >= 15 is 0 Å². The summed E-state index contributed by atoms with van der Waals surface area (Å²) in [5, 5.41) is 12.1. The summed E-state index contributed by atoms with van der Waals surface area (Å²) in [6.45, 7) is 4.31. The Balaban J connectivity index is 2.46. The summed E-state index contributed by atoms with van der Waals surface area (Å²) in [4.78, 5) is 10.9. The van der Waals surface area contributed by atoms with E-state index in [1.54, 1.807) is 6.08 Å². The van der Waals surface area contributed by atoms with Gasteiger partial charge in [0.25, 0.3) is 0 Å². The third kappa shape index (κ3) is 2.84. The van der Waals surface area contributed by atoms with Gasteiger partial charge in [-0.25, -0.2) is 0 Å². The maximum Gasteiger partial charge on any atom is 0.308 e. The molecule has 0 aliphatic heterocycles. The quantitative estimate of drug-likeness (QED) is 0.648. The van der Waals surface area contributed by atoms with Gasteiger partial charge in [0.2, 0.25) is 0 Å². The van der Waals surface area contributed by atoms with Crippen molar-refractivity contribution in [2.45, 2.75) is 31.7 Å². The van der Waals surface area contributed by atoms with Gasteiger partial charge in [-0.1, -0.05) is 18.9 Å². The molecule has 0 aromatic carbocycles. The minimum Gasteiger partial charge on any atom is -0.481 e. The molecular formula is C10H17NO2. The van der Waals surface area contributed by atoms with Gasteiger partial charge in [0.15, 0.2) is 0 Å². The smallest absolute Gasteiger partial charge is 0.308 e. The fraction of sp³-hybridized carbons (Fsp3) is 0.700. The third-order valence-electron chi connectivity index (χ3n) is 2.61. The van der Waals surface area contributed by atoms with Gasteiger partial charge in [0.05, 0.1) is 5.92 Å². The minimum atomic E-state index is -0.665. The van der Waals surface area contributed by atoms with Crippen molar-refractivity contribution in [3.63, 3.8) is 0 Å². The van der Waals surface area contributed by atoms with Crippen LogP contribution in [0.1, 0.15) is 25.7 Å². The Bertz CT molecular complexity index is 191. The van der Waals surface area contributed by atoms with E-state index in [4.69, 9.17) is 5.11 Å². The average molecular weight is 183 g/mol. The molecule has 1 saturated carbocycles. The lowest BCUT2D eigenvalue weighted by molar-refractivity contribution is -0.143. The number of carbonyl (C=O) groups is 1. The Kier molecular flexibility index (Phi) is 3.96. The lowest BCUT2D eigenvalue weighted by atomic mass is 9.84. The Labute approximate surface area is 78.8 Å². The molecule has 2 atom stereocenters. The second-order valence-corrected chi connectivity index (χ2v) is 3.53. The average Bonchev–Trinajstić information content (AvgIpc) is 2.15. The molecule has 3 heteroatoms. The maximum atomic E-state index is 10.9. The van der Waals surface area contributed by atoms with E-state index in [-0.39, 0.29) is 12.0 Å². The second-order valence-electron chi connectivity index (χ2n) is 3.53. The molecule has 1 aliphatic carbocycles. The van der Waals surface area contributed by atoms with Gasteiger partial charge in [0.1, 0.15) is 0 Å². The van der Waals surface area contributed by atoms with Gasteiger partial charge in [-0.15, -0.1) is 6.58 Å². The molecule has 2 N–H and O–H groups in total. The first-order valence-electron chi connectivity index (χ1n) is 4.82. The predicted octanol–water partition coefficient (Wildman–Crippen LogP) is 1.41. The summed E-state index contributed by atoms with van der Waals surface area (Å²) in [6.07, 6.45) is 5.74. The van der Waals surface area contributed by atoms with Gasteiger partial charge in [-0.05, 0) is 12.8 Å². The van der Waals surface area contributed by atoms with Crippen molar-refractivity contribution < 1.29 is 9.90 Å². The van der Waals surface area contributed by atoms with Crippen LogP contribution in [0.4, 0.5) is 0 Å². The van der Waals surface area contributed by atoms with Crippen LogP contribution >= 0.6 is 0 Å². The predicted molar refractivity (Wildman–Crippen MR) is 51.6 cm³/mol. The first-order chi connectivity index (χ1) is 6.25.